The van der Waals surface area contributed by atoms with Crippen LogP contribution in [-0.4, -0.2) is 56.3 Å². The molecule has 0 aromatic heterocycles. The highest BCUT2D eigenvalue weighted by molar-refractivity contribution is 6.17. The topological polar surface area (TPSA) is 232 Å². The van der Waals surface area contributed by atoms with Crippen molar-refractivity contribution in [1.29, 1.82) is 0 Å². The average Bonchev–Trinajstić information content (AvgIpc) is 3.37. The quantitative estimate of drug-likeness (QED) is 0.109. The number of anilines is 2. The molecule has 0 aliphatic carbocycles. The third-order valence-corrected chi connectivity index (χ3v) is 7.99. The lowest BCUT2D eigenvalue weighted by Gasteiger charge is -2.13. The summed E-state index contributed by atoms with van der Waals surface area (Å²) in [5, 5.41) is 29.8. The van der Waals surface area contributed by atoms with Crippen LogP contribution in [0.4, 0.5) is 11.4 Å². The molecule has 19 heteroatoms. The number of hydrogen-bond acceptors (Lipinski definition) is 19. The minimum Gasteiger partial charge on any atom is -0.362 e. The zero-order valence-electron chi connectivity index (χ0n) is 37.2. The van der Waals surface area contributed by atoms with E-state index in [1.54, 1.807) is 43.3 Å². The number of aliphatic imine (C=N–C) groups is 6. The number of hydrogen-bond donors (Lipinski definition) is 8. The van der Waals surface area contributed by atoms with Gasteiger partial charge in [-0.15, -0.1) is 5.11 Å². The monoisotopic (exact) mass is 905 g/mol. The second-order valence-electron chi connectivity index (χ2n) is 13.2. The minimum absolute atomic E-state index is 0.541. The molecular weight excluding hydrogens is 855 g/mol. The number of allylic oxidation sites excluding steroid dienone is 3. The standard InChI is InChI=1S/2C10H9N.C9H8N2.5C4H5N3/c1-8-10-5-3-2-4-9(10)6-7-11-8;1-8-6-7-9-4-2-3-5-10(9)11-8;1-7-10-6-8-4-2-3-5-9(8)11-7;1-4-6-2-5-3-7-4;1-4-2-5-3-6-7-4;2*1-4-5-2-3-6-7-4;1-4-2-3-5-7-6-4/h2*2-7,11H,1H2;2-6,11H,1H2;2-3H,1H2,(H,5,6,7);3*2-3,7H,1H2;2-3H,1H2,(H,5,6). The SMILES string of the molecule is C=C1C=CN=NN1.C=C1C=Cc2ccccc2N1.C=C1C=NC=NN1.C=C1N=CC=NN1.C=C1N=CC=NN1.C=C1N=CNC=N1.C=C1N=Cc2ccccc2N1.C=C1NC=Cc2ccccc21. The van der Waals surface area contributed by atoms with Crippen LogP contribution in [0, 0.1) is 0 Å². The number of rotatable bonds is 0. The van der Waals surface area contributed by atoms with Gasteiger partial charge in [0.2, 0.25) is 0 Å². The van der Waals surface area contributed by atoms with Crippen molar-refractivity contribution < 1.29 is 0 Å². The molecule has 0 unspecified atom stereocenters. The highest BCUT2D eigenvalue weighted by Gasteiger charge is 2.05. The van der Waals surface area contributed by atoms with Gasteiger partial charge in [0.05, 0.1) is 48.9 Å². The van der Waals surface area contributed by atoms with E-state index in [-0.39, 0.29) is 0 Å². The highest BCUT2D eigenvalue weighted by Crippen LogP contribution is 2.23. The van der Waals surface area contributed by atoms with Crippen molar-refractivity contribution in [3.05, 3.63) is 213 Å². The molecule has 0 saturated heterocycles. The molecule has 3 aromatic rings. The first kappa shape index (κ1) is 50.5. The molecule has 11 rings (SSSR count). The molecule has 0 atom stereocenters. The molecule has 0 spiro atoms. The minimum atomic E-state index is 0.541. The molecular formula is C49H51N19. The molecule has 0 saturated carbocycles. The molecule has 8 aliphatic rings. The summed E-state index contributed by atoms with van der Waals surface area (Å²) in [6.07, 6.45) is 25.5. The Kier molecular flexibility index (Phi) is 21.7. The van der Waals surface area contributed by atoms with Crippen LogP contribution in [-0.2, 0) is 0 Å². The maximum Gasteiger partial charge on any atom is 0.148 e. The van der Waals surface area contributed by atoms with E-state index in [0.717, 1.165) is 39.7 Å². The van der Waals surface area contributed by atoms with Crippen LogP contribution >= 0.6 is 0 Å². The molecule has 68 heavy (non-hydrogen) atoms. The molecule has 0 fully saturated rings. The van der Waals surface area contributed by atoms with Gasteiger partial charge < -0.3 is 21.3 Å². The Morgan fingerprint density at radius 1 is 0.456 bits per heavy atom. The number of benzene rings is 3. The summed E-state index contributed by atoms with van der Waals surface area (Å²) in [7, 11) is 0. The van der Waals surface area contributed by atoms with Gasteiger partial charge in [0.25, 0.3) is 0 Å². The Balaban J connectivity index is 0.000000171. The van der Waals surface area contributed by atoms with E-state index in [4.69, 9.17) is 0 Å². The molecule has 0 amide bonds. The van der Waals surface area contributed by atoms with Crippen LogP contribution < -0.4 is 43.0 Å². The van der Waals surface area contributed by atoms with Gasteiger partial charge in [-0.1, -0.05) is 125 Å². The van der Waals surface area contributed by atoms with Gasteiger partial charge in [-0.05, 0) is 41.5 Å². The molecule has 8 N–H and O–H groups in total. The van der Waals surface area contributed by atoms with Crippen molar-refractivity contribution in [2.75, 3.05) is 10.6 Å². The molecule has 342 valence electrons. The highest BCUT2D eigenvalue weighted by atomic mass is 15.4. The van der Waals surface area contributed by atoms with Gasteiger partial charge in [0, 0.05) is 58.7 Å². The third kappa shape index (κ3) is 20.3. The van der Waals surface area contributed by atoms with Gasteiger partial charge in [-0.25, -0.2) is 30.0 Å². The maximum atomic E-state index is 4.04. The summed E-state index contributed by atoms with van der Waals surface area (Å²) in [5.74, 6) is 2.41. The predicted octanol–water partition coefficient (Wildman–Crippen LogP) is 8.33. The first-order valence-electron chi connectivity index (χ1n) is 20.1. The molecule has 0 radical (unpaired) electrons. The van der Waals surface area contributed by atoms with Crippen molar-refractivity contribution in [2.45, 2.75) is 0 Å². The summed E-state index contributed by atoms with van der Waals surface area (Å²) in [4.78, 5) is 22.6. The molecule has 8 heterocycles. The summed E-state index contributed by atoms with van der Waals surface area (Å²) >= 11 is 0. The van der Waals surface area contributed by atoms with Crippen LogP contribution in [0.25, 0.3) is 17.8 Å². The van der Waals surface area contributed by atoms with Crippen LogP contribution in [0.1, 0.15) is 22.3 Å². The fraction of sp³-hybridized carbons (Fsp3) is 0. The Hall–Kier alpha value is -10.2. The zero-order chi connectivity index (χ0) is 48.6. The van der Waals surface area contributed by atoms with Crippen LogP contribution in [0.3, 0.4) is 0 Å². The Morgan fingerprint density at radius 3 is 1.57 bits per heavy atom. The summed E-state index contributed by atoms with van der Waals surface area (Å²) < 4.78 is 0. The van der Waals surface area contributed by atoms with Gasteiger partial charge in [-0.2, -0.15) is 15.3 Å². The predicted molar refractivity (Wildman–Crippen MR) is 286 cm³/mol. The molecule has 19 nitrogen and oxygen atoms in total. The fourth-order valence-electron chi connectivity index (χ4n) is 4.92. The molecule has 0 bridgehead atoms. The molecule has 3 aromatic carbocycles. The lowest BCUT2D eigenvalue weighted by Crippen LogP contribution is -2.10. The smallest absolute Gasteiger partial charge is 0.148 e. The Labute approximate surface area is 395 Å². The van der Waals surface area contributed by atoms with Gasteiger partial charge in [0.15, 0.2) is 0 Å². The fourth-order valence-corrected chi connectivity index (χ4v) is 4.92. The average molecular weight is 906 g/mol. The van der Waals surface area contributed by atoms with E-state index in [0.29, 0.717) is 23.3 Å². The molecule has 8 aliphatic heterocycles. The van der Waals surface area contributed by atoms with Crippen LogP contribution in [0.2, 0.25) is 0 Å². The number of nitrogens with zero attached hydrogens (tertiary/aromatic N) is 11. The van der Waals surface area contributed by atoms with E-state index in [9.17, 15) is 0 Å². The Morgan fingerprint density at radius 2 is 1.09 bits per heavy atom. The van der Waals surface area contributed by atoms with Crippen molar-refractivity contribution in [3.8, 4) is 0 Å². The van der Waals surface area contributed by atoms with Gasteiger partial charge in [0.1, 0.15) is 29.6 Å². The number of para-hydroxylation sites is 2. The van der Waals surface area contributed by atoms with Gasteiger partial charge in [-0.3, -0.25) is 21.7 Å². The van der Waals surface area contributed by atoms with E-state index in [2.05, 4.69) is 175 Å². The number of fused-ring (bicyclic) bond motifs is 3. The van der Waals surface area contributed by atoms with Crippen molar-refractivity contribution in [3.63, 3.8) is 0 Å². The first-order chi connectivity index (χ1) is 33.1. The zero-order valence-corrected chi connectivity index (χ0v) is 37.2. The first-order valence-corrected chi connectivity index (χ1v) is 20.1. The van der Waals surface area contributed by atoms with Crippen LogP contribution in [0.15, 0.2) is 246 Å². The van der Waals surface area contributed by atoms with Crippen molar-refractivity contribution in [1.82, 2.24) is 32.3 Å². The summed E-state index contributed by atoms with van der Waals surface area (Å²) in [6, 6.07) is 24.3. The summed E-state index contributed by atoms with van der Waals surface area (Å²) in [5.41, 5.74) is 20.7. The largest absolute Gasteiger partial charge is 0.362 e. The maximum absolute atomic E-state index is 4.04. The number of nitrogens with one attached hydrogen (secondary N) is 8. The van der Waals surface area contributed by atoms with Crippen molar-refractivity contribution in [2.24, 2.45) is 55.6 Å². The number of hydrazone groups is 3. The van der Waals surface area contributed by atoms with Crippen molar-refractivity contribution >= 4 is 85.5 Å². The second-order valence-corrected chi connectivity index (χ2v) is 13.2. The summed E-state index contributed by atoms with van der Waals surface area (Å²) in [6.45, 7) is 29.0. The second kappa shape index (κ2) is 29.2. The van der Waals surface area contributed by atoms with E-state index in [1.165, 1.54) is 35.7 Å². The Bertz CT molecular complexity index is 2520. The lowest BCUT2D eigenvalue weighted by atomic mass is 10.0. The van der Waals surface area contributed by atoms with Gasteiger partial charge >= 0.3 is 0 Å². The van der Waals surface area contributed by atoms with E-state index >= 15 is 0 Å². The van der Waals surface area contributed by atoms with E-state index < -0.39 is 0 Å². The van der Waals surface area contributed by atoms with Crippen LogP contribution in [0.5, 0.6) is 0 Å². The lowest BCUT2D eigenvalue weighted by molar-refractivity contribution is 0.816. The third-order valence-electron chi connectivity index (χ3n) is 7.99. The van der Waals surface area contributed by atoms with E-state index in [1.807, 2.05) is 79.2 Å². The normalized spacial score (nSPS) is 15.5.